The highest BCUT2D eigenvalue weighted by atomic mass is 15.1. The molecule has 0 bridgehead atoms. The third kappa shape index (κ3) is 6.17. The van der Waals surface area contributed by atoms with E-state index in [1.54, 1.807) is 0 Å². The zero-order valence-electron chi connectivity index (χ0n) is 13.1. The van der Waals surface area contributed by atoms with Crippen molar-refractivity contribution in [3.8, 4) is 0 Å². The van der Waals surface area contributed by atoms with Crippen molar-refractivity contribution in [3.63, 3.8) is 0 Å². The van der Waals surface area contributed by atoms with Crippen LogP contribution in [-0.4, -0.2) is 36.1 Å². The molecule has 19 heavy (non-hydrogen) atoms. The van der Waals surface area contributed by atoms with Crippen LogP contribution in [-0.2, 0) is 6.54 Å². The third-order valence-electron chi connectivity index (χ3n) is 3.64. The van der Waals surface area contributed by atoms with Crippen molar-refractivity contribution in [1.29, 1.82) is 0 Å². The van der Waals surface area contributed by atoms with Gasteiger partial charge in [-0.25, -0.2) is 0 Å². The van der Waals surface area contributed by atoms with Crippen LogP contribution < -0.4 is 5.32 Å². The molecule has 1 unspecified atom stereocenters. The minimum Gasteiger partial charge on any atom is -0.314 e. The summed E-state index contributed by atoms with van der Waals surface area (Å²) in [5, 5.41) is 3.57. The fraction of sp³-hybridized carbons (Fsp3) is 0.688. The molecule has 0 saturated carbocycles. The molecule has 0 spiro atoms. The average Bonchev–Trinajstić information content (AvgIpc) is 2.37. The van der Waals surface area contributed by atoms with Crippen LogP contribution in [0.1, 0.15) is 39.7 Å². The number of rotatable bonds is 8. The van der Waals surface area contributed by atoms with Gasteiger partial charge in [0.05, 0.1) is 0 Å². The van der Waals surface area contributed by atoms with Gasteiger partial charge in [0.25, 0.3) is 0 Å². The first-order valence-electron chi connectivity index (χ1n) is 7.26. The van der Waals surface area contributed by atoms with Crippen LogP contribution in [0.5, 0.6) is 0 Å². The van der Waals surface area contributed by atoms with Crippen LogP contribution in [0, 0.1) is 5.41 Å². The first-order valence-corrected chi connectivity index (χ1v) is 7.26. The lowest BCUT2D eigenvalue weighted by Gasteiger charge is -2.34. The van der Waals surface area contributed by atoms with Crippen molar-refractivity contribution in [1.82, 2.24) is 15.2 Å². The van der Waals surface area contributed by atoms with E-state index in [-0.39, 0.29) is 0 Å². The first kappa shape index (κ1) is 16.1. The number of aromatic nitrogens is 1. The topological polar surface area (TPSA) is 28.2 Å². The molecule has 1 rings (SSSR count). The van der Waals surface area contributed by atoms with Crippen molar-refractivity contribution in [2.75, 3.05) is 20.1 Å². The van der Waals surface area contributed by atoms with Crippen molar-refractivity contribution >= 4 is 0 Å². The molecule has 0 saturated heterocycles. The van der Waals surface area contributed by atoms with Gasteiger partial charge in [-0.05, 0) is 36.6 Å². The van der Waals surface area contributed by atoms with E-state index in [4.69, 9.17) is 0 Å². The molecule has 0 amide bonds. The van der Waals surface area contributed by atoms with Crippen molar-refractivity contribution in [2.45, 2.75) is 46.7 Å². The van der Waals surface area contributed by atoms with Gasteiger partial charge in [-0.1, -0.05) is 27.7 Å². The molecule has 1 N–H and O–H groups in total. The van der Waals surface area contributed by atoms with Gasteiger partial charge < -0.3 is 10.2 Å². The van der Waals surface area contributed by atoms with Crippen molar-refractivity contribution in [2.24, 2.45) is 5.41 Å². The minimum absolute atomic E-state index is 0.325. The standard InChI is InChI=1S/C16H29N3/c1-6-16(4,12-18-14(2)3)13-19(5)11-15-7-9-17-10-8-15/h7-10,14,18H,6,11-13H2,1-5H3. The number of hydrogen-bond donors (Lipinski definition) is 1. The molecule has 3 heteroatoms. The van der Waals surface area contributed by atoms with E-state index in [1.165, 1.54) is 12.0 Å². The number of hydrogen-bond acceptors (Lipinski definition) is 3. The fourth-order valence-corrected chi connectivity index (χ4v) is 2.25. The lowest BCUT2D eigenvalue weighted by atomic mass is 9.86. The Morgan fingerprint density at radius 1 is 1.32 bits per heavy atom. The van der Waals surface area contributed by atoms with E-state index in [0.29, 0.717) is 11.5 Å². The molecule has 1 atom stereocenters. The van der Waals surface area contributed by atoms with Crippen LogP contribution in [0.25, 0.3) is 0 Å². The summed E-state index contributed by atoms with van der Waals surface area (Å²) in [6, 6.07) is 4.73. The summed E-state index contributed by atoms with van der Waals surface area (Å²) < 4.78 is 0. The first-order chi connectivity index (χ1) is 8.95. The van der Waals surface area contributed by atoms with Crippen molar-refractivity contribution in [3.05, 3.63) is 30.1 Å². The average molecular weight is 263 g/mol. The van der Waals surface area contributed by atoms with Gasteiger partial charge >= 0.3 is 0 Å². The quantitative estimate of drug-likeness (QED) is 0.781. The van der Waals surface area contributed by atoms with Crippen LogP contribution in [0.15, 0.2) is 24.5 Å². The van der Waals surface area contributed by atoms with E-state index < -0.39 is 0 Å². The summed E-state index contributed by atoms with van der Waals surface area (Å²) >= 11 is 0. The summed E-state index contributed by atoms with van der Waals surface area (Å²) in [6.07, 6.45) is 4.92. The smallest absolute Gasteiger partial charge is 0.0271 e. The largest absolute Gasteiger partial charge is 0.314 e. The second-order valence-corrected chi connectivity index (χ2v) is 6.23. The van der Waals surface area contributed by atoms with Crippen LogP contribution in [0.2, 0.25) is 0 Å². The number of pyridine rings is 1. The zero-order valence-corrected chi connectivity index (χ0v) is 13.1. The Kier molecular flexibility index (Phi) is 6.46. The van der Waals surface area contributed by atoms with E-state index >= 15 is 0 Å². The summed E-state index contributed by atoms with van der Waals surface area (Å²) in [6.45, 7) is 12.2. The summed E-state index contributed by atoms with van der Waals surface area (Å²) in [4.78, 5) is 6.47. The maximum Gasteiger partial charge on any atom is 0.0271 e. The molecular weight excluding hydrogens is 234 g/mol. The number of nitrogens with one attached hydrogen (secondary N) is 1. The Hall–Kier alpha value is -0.930. The summed E-state index contributed by atoms with van der Waals surface area (Å²) in [5.74, 6) is 0. The van der Waals surface area contributed by atoms with E-state index in [2.05, 4.69) is 62.1 Å². The monoisotopic (exact) mass is 263 g/mol. The lowest BCUT2D eigenvalue weighted by molar-refractivity contribution is 0.172. The molecule has 0 aliphatic carbocycles. The molecule has 1 aromatic rings. The highest BCUT2D eigenvalue weighted by Gasteiger charge is 2.24. The molecule has 0 aliphatic rings. The van der Waals surface area contributed by atoms with Gasteiger partial charge in [-0.15, -0.1) is 0 Å². The Bertz CT molecular complexity index is 350. The summed E-state index contributed by atoms with van der Waals surface area (Å²) in [7, 11) is 2.20. The highest BCUT2D eigenvalue weighted by molar-refractivity contribution is 5.09. The second kappa shape index (κ2) is 7.61. The normalized spacial score (nSPS) is 14.9. The van der Waals surface area contributed by atoms with Gasteiger partial charge in [0.1, 0.15) is 0 Å². The fourth-order valence-electron chi connectivity index (χ4n) is 2.25. The molecule has 0 fully saturated rings. The van der Waals surface area contributed by atoms with Gasteiger partial charge in [0.2, 0.25) is 0 Å². The Morgan fingerprint density at radius 2 is 1.95 bits per heavy atom. The Balaban J connectivity index is 2.50. The molecule has 0 radical (unpaired) electrons. The van der Waals surface area contributed by atoms with Crippen LogP contribution in [0.4, 0.5) is 0 Å². The predicted octanol–water partition coefficient (Wildman–Crippen LogP) is 2.93. The van der Waals surface area contributed by atoms with Crippen molar-refractivity contribution < 1.29 is 0 Å². The Labute approximate surface area is 118 Å². The molecule has 1 aromatic heterocycles. The SMILES string of the molecule is CCC(C)(CNC(C)C)CN(C)Cc1ccncc1. The maximum atomic E-state index is 4.06. The molecule has 1 heterocycles. The van der Waals surface area contributed by atoms with Crippen LogP contribution in [0.3, 0.4) is 0 Å². The van der Waals surface area contributed by atoms with Crippen LogP contribution >= 0.6 is 0 Å². The van der Waals surface area contributed by atoms with Gasteiger partial charge in [0, 0.05) is 38.1 Å². The van der Waals surface area contributed by atoms with E-state index in [9.17, 15) is 0 Å². The maximum absolute atomic E-state index is 4.06. The predicted molar refractivity (Wildman–Crippen MR) is 82.1 cm³/mol. The Morgan fingerprint density at radius 3 is 2.47 bits per heavy atom. The highest BCUT2D eigenvalue weighted by Crippen LogP contribution is 2.22. The minimum atomic E-state index is 0.325. The zero-order chi connectivity index (χ0) is 14.3. The van der Waals surface area contributed by atoms with Gasteiger partial charge in [0.15, 0.2) is 0 Å². The third-order valence-corrected chi connectivity index (χ3v) is 3.64. The lowest BCUT2D eigenvalue weighted by Crippen LogP contribution is -2.42. The number of nitrogens with zero attached hydrogens (tertiary/aromatic N) is 2. The molecule has 3 nitrogen and oxygen atoms in total. The summed E-state index contributed by atoms with van der Waals surface area (Å²) in [5.41, 5.74) is 1.65. The molecule has 0 aliphatic heterocycles. The molecular formula is C16H29N3. The molecule has 108 valence electrons. The van der Waals surface area contributed by atoms with Gasteiger partial charge in [-0.2, -0.15) is 0 Å². The second-order valence-electron chi connectivity index (χ2n) is 6.23. The molecule has 0 aromatic carbocycles. The van der Waals surface area contributed by atoms with E-state index in [0.717, 1.165) is 19.6 Å². The van der Waals surface area contributed by atoms with E-state index in [1.807, 2.05) is 12.4 Å². The van der Waals surface area contributed by atoms with Gasteiger partial charge in [-0.3, -0.25) is 4.98 Å².